The van der Waals surface area contributed by atoms with Crippen molar-refractivity contribution in [3.05, 3.63) is 24.4 Å². The summed E-state index contributed by atoms with van der Waals surface area (Å²) in [5.41, 5.74) is 0. The molecule has 2 fully saturated rings. The molecule has 0 aliphatic carbocycles. The first-order valence-corrected chi connectivity index (χ1v) is 8.77. The third-order valence-electron chi connectivity index (χ3n) is 4.20. The fraction of sp³-hybridized carbons (Fsp3) is 0.533. The molecule has 1 unspecified atom stereocenters. The number of hydrogen-bond acceptors (Lipinski definition) is 5. The monoisotopic (exact) mass is 336 g/mol. The lowest BCUT2D eigenvalue weighted by Crippen LogP contribution is -2.37. The Bertz CT molecular complexity index is 571. The standard InChI is InChI=1S/C15H20N4O3S/c20-14(21)9(17-12-6-1-2-7-16-12)4-3-5-11-13-10(8-23-11)18-15(22)19-13/h1-2,6-7,9-11,13H,3-5,8H2,(H,16,17)(H,20,21)(H2,18,19,22)/t9?,10-,11-,13-/m0/s1. The molecule has 3 heterocycles. The average Bonchev–Trinajstić information content (AvgIpc) is 3.07. The van der Waals surface area contributed by atoms with Crippen molar-refractivity contribution in [2.75, 3.05) is 11.1 Å². The molecule has 124 valence electrons. The van der Waals surface area contributed by atoms with Crippen molar-refractivity contribution in [1.29, 1.82) is 0 Å². The van der Waals surface area contributed by atoms with Crippen molar-refractivity contribution in [2.24, 2.45) is 0 Å². The van der Waals surface area contributed by atoms with Gasteiger partial charge in [-0.15, -0.1) is 0 Å². The number of nitrogens with one attached hydrogen (secondary N) is 3. The molecule has 2 aliphatic rings. The van der Waals surface area contributed by atoms with Gasteiger partial charge in [-0.2, -0.15) is 11.8 Å². The van der Waals surface area contributed by atoms with Crippen LogP contribution in [0.2, 0.25) is 0 Å². The number of anilines is 1. The van der Waals surface area contributed by atoms with Gasteiger partial charge in [0.15, 0.2) is 0 Å². The maximum atomic E-state index is 11.4. The number of urea groups is 1. The number of carbonyl (C=O) groups excluding carboxylic acids is 1. The summed E-state index contributed by atoms with van der Waals surface area (Å²) in [5.74, 6) is 0.619. The number of thioether (sulfide) groups is 1. The van der Waals surface area contributed by atoms with E-state index in [0.717, 1.165) is 18.6 Å². The molecule has 1 aromatic rings. The Labute approximate surface area is 138 Å². The van der Waals surface area contributed by atoms with Crippen LogP contribution in [0, 0.1) is 0 Å². The number of hydrogen-bond donors (Lipinski definition) is 4. The Kier molecular flexibility index (Phi) is 4.90. The zero-order chi connectivity index (χ0) is 16.2. The lowest BCUT2D eigenvalue weighted by atomic mass is 10.0. The zero-order valence-electron chi connectivity index (χ0n) is 12.6. The van der Waals surface area contributed by atoms with Crippen LogP contribution < -0.4 is 16.0 Å². The van der Waals surface area contributed by atoms with Gasteiger partial charge in [-0.1, -0.05) is 6.07 Å². The zero-order valence-corrected chi connectivity index (χ0v) is 13.4. The number of pyridine rings is 1. The number of aromatic nitrogens is 1. The Balaban J connectivity index is 1.48. The summed E-state index contributed by atoms with van der Waals surface area (Å²) in [7, 11) is 0. The third-order valence-corrected chi connectivity index (χ3v) is 5.71. The van der Waals surface area contributed by atoms with Gasteiger partial charge in [0.05, 0.1) is 12.1 Å². The molecule has 0 spiro atoms. The highest BCUT2D eigenvalue weighted by Gasteiger charge is 2.42. The van der Waals surface area contributed by atoms with E-state index in [-0.39, 0.29) is 18.1 Å². The molecule has 4 N–H and O–H groups in total. The van der Waals surface area contributed by atoms with Gasteiger partial charge in [0, 0.05) is 17.2 Å². The quantitative estimate of drug-likeness (QED) is 0.559. The highest BCUT2D eigenvalue weighted by molar-refractivity contribution is 8.00. The molecule has 1 aromatic heterocycles. The highest BCUT2D eigenvalue weighted by Crippen LogP contribution is 2.33. The van der Waals surface area contributed by atoms with Crippen molar-refractivity contribution in [1.82, 2.24) is 15.6 Å². The molecule has 23 heavy (non-hydrogen) atoms. The molecule has 2 amide bonds. The predicted octanol–water partition coefficient (Wildman–Crippen LogP) is 1.28. The number of rotatable bonds is 7. The molecule has 7 nitrogen and oxygen atoms in total. The van der Waals surface area contributed by atoms with Gasteiger partial charge in [-0.3, -0.25) is 0 Å². The summed E-state index contributed by atoms with van der Waals surface area (Å²) >= 11 is 1.84. The second-order valence-electron chi connectivity index (χ2n) is 5.80. The van der Waals surface area contributed by atoms with Crippen LogP contribution in [0.4, 0.5) is 10.6 Å². The first-order chi connectivity index (χ1) is 11.1. The average molecular weight is 336 g/mol. The number of carbonyl (C=O) groups is 2. The van der Waals surface area contributed by atoms with Crippen LogP contribution in [0.15, 0.2) is 24.4 Å². The molecule has 3 rings (SSSR count). The Morgan fingerprint density at radius 3 is 3.09 bits per heavy atom. The lowest BCUT2D eigenvalue weighted by Gasteiger charge is -2.19. The van der Waals surface area contributed by atoms with Gasteiger partial charge in [0.1, 0.15) is 11.9 Å². The summed E-state index contributed by atoms with van der Waals surface area (Å²) in [6.45, 7) is 0. The van der Waals surface area contributed by atoms with E-state index < -0.39 is 12.0 Å². The fourth-order valence-corrected chi connectivity index (χ4v) is 4.59. The smallest absolute Gasteiger partial charge is 0.326 e. The Hall–Kier alpha value is -1.96. The molecule has 0 aromatic carbocycles. The predicted molar refractivity (Wildman–Crippen MR) is 88.6 cm³/mol. The summed E-state index contributed by atoms with van der Waals surface area (Å²) in [5, 5.41) is 18.5. The van der Waals surface area contributed by atoms with Gasteiger partial charge in [-0.25, -0.2) is 14.6 Å². The Morgan fingerprint density at radius 2 is 2.35 bits per heavy atom. The first kappa shape index (κ1) is 15.9. The molecule has 2 saturated heterocycles. The van der Waals surface area contributed by atoms with Gasteiger partial charge >= 0.3 is 12.0 Å². The van der Waals surface area contributed by atoms with Crippen molar-refractivity contribution in [2.45, 2.75) is 42.6 Å². The minimum atomic E-state index is -0.872. The number of carboxylic acids is 1. The van der Waals surface area contributed by atoms with E-state index >= 15 is 0 Å². The van der Waals surface area contributed by atoms with Crippen LogP contribution in [0.1, 0.15) is 19.3 Å². The number of nitrogens with zero attached hydrogens (tertiary/aromatic N) is 1. The van der Waals surface area contributed by atoms with E-state index in [0.29, 0.717) is 17.5 Å². The van der Waals surface area contributed by atoms with E-state index in [1.54, 1.807) is 18.3 Å². The molecular formula is C15H20N4O3S. The van der Waals surface area contributed by atoms with E-state index in [4.69, 9.17) is 0 Å². The topological polar surface area (TPSA) is 103 Å². The van der Waals surface area contributed by atoms with Crippen LogP contribution >= 0.6 is 11.8 Å². The fourth-order valence-electron chi connectivity index (χ4n) is 3.05. The molecule has 0 radical (unpaired) electrons. The van der Waals surface area contributed by atoms with Crippen LogP contribution in [0.3, 0.4) is 0 Å². The number of aliphatic carboxylic acids is 1. The van der Waals surface area contributed by atoms with Crippen molar-refractivity contribution >= 4 is 29.6 Å². The summed E-state index contributed by atoms with van der Waals surface area (Å²) < 4.78 is 0. The molecular weight excluding hydrogens is 316 g/mol. The molecule has 2 aliphatic heterocycles. The van der Waals surface area contributed by atoms with E-state index in [1.165, 1.54) is 0 Å². The minimum Gasteiger partial charge on any atom is -0.480 e. The molecule has 8 heteroatoms. The molecule has 4 atom stereocenters. The van der Waals surface area contributed by atoms with E-state index in [1.807, 2.05) is 17.8 Å². The minimum absolute atomic E-state index is 0.0921. The van der Waals surface area contributed by atoms with Gasteiger partial charge in [0.2, 0.25) is 0 Å². The largest absolute Gasteiger partial charge is 0.480 e. The lowest BCUT2D eigenvalue weighted by molar-refractivity contribution is -0.138. The van der Waals surface area contributed by atoms with Gasteiger partial charge < -0.3 is 21.1 Å². The molecule has 0 bridgehead atoms. The van der Waals surface area contributed by atoms with Crippen molar-refractivity contribution in [3.8, 4) is 0 Å². The Morgan fingerprint density at radius 1 is 1.48 bits per heavy atom. The number of fused-ring (bicyclic) bond motifs is 1. The number of carboxylic acid groups (broad SMARTS) is 1. The molecule has 0 saturated carbocycles. The first-order valence-electron chi connectivity index (χ1n) is 7.72. The highest BCUT2D eigenvalue weighted by atomic mass is 32.2. The SMILES string of the molecule is O=C1N[C@H]2[C@H](CS[C@H]2CCCC(Nc2ccccn2)C(=O)O)N1. The summed E-state index contributed by atoms with van der Waals surface area (Å²) in [6, 6.07) is 5.00. The maximum absolute atomic E-state index is 11.4. The third kappa shape index (κ3) is 3.87. The van der Waals surface area contributed by atoms with Gasteiger partial charge in [0.25, 0.3) is 0 Å². The van der Waals surface area contributed by atoms with Crippen LogP contribution in [0.25, 0.3) is 0 Å². The number of amides is 2. The van der Waals surface area contributed by atoms with Crippen LogP contribution in [-0.4, -0.2) is 51.2 Å². The van der Waals surface area contributed by atoms with Crippen molar-refractivity contribution in [3.63, 3.8) is 0 Å². The van der Waals surface area contributed by atoms with Crippen molar-refractivity contribution < 1.29 is 14.7 Å². The van der Waals surface area contributed by atoms with E-state index in [9.17, 15) is 14.7 Å². The summed E-state index contributed by atoms with van der Waals surface area (Å²) in [6.07, 6.45) is 3.84. The second-order valence-corrected chi connectivity index (χ2v) is 7.08. The van der Waals surface area contributed by atoms with Crippen LogP contribution in [0.5, 0.6) is 0 Å². The normalized spacial score (nSPS) is 27.0. The van der Waals surface area contributed by atoms with Gasteiger partial charge in [-0.05, 0) is 31.4 Å². The van der Waals surface area contributed by atoms with E-state index in [2.05, 4.69) is 20.9 Å². The summed E-state index contributed by atoms with van der Waals surface area (Å²) in [4.78, 5) is 26.8. The maximum Gasteiger partial charge on any atom is 0.326 e. The second kappa shape index (κ2) is 7.08. The van der Waals surface area contributed by atoms with Crippen LogP contribution in [-0.2, 0) is 4.79 Å².